The van der Waals surface area contributed by atoms with Gasteiger partial charge in [0.05, 0.1) is 6.54 Å². The van der Waals surface area contributed by atoms with Crippen LogP contribution in [-0.2, 0) is 5.72 Å². The lowest BCUT2D eigenvalue weighted by molar-refractivity contribution is -0.661. The SMILES string of the molecule is O[C@]1(c2ccccc2)CN(c2ccccc2)C2=[N+]1CCCC2. The first-order valence-corrected chi connectivity index (χ1v) is 8.03. The average molecular weight is 293 g/mol. The number of hydrogen-bond donors (Lipinski definition) is 1. The Morgan fingerprint density at radius 3 is 2.32 bits per heavy atom. The van der Waals surface area contributed by atoms with Gasteiger partial charge in [0, 0.05) is 12.0 Å². The molecule has 1 N–H and O–H groups in total. The van der Waals surface area contributed by atoms with Crippen LogP contribution in [0.2, 0.25) is 0 Å². The van der Waals surface area contributed by atoms with Crippen molar-refractivity contribution in [1.82, 2.24) is 0 Å². The molecule has 3 heteroatoms. The van der Waals surface area contributed by atoms with E-state index >= 15 is 0 Å². The first-order valence-electron chi connectivity index (χ1n) is 8.03. The largest absolute Gasteiger partial charge is 0.346 e. The van der Waals surface area contributed by atoms with Crippen LogP contribution in [0.25, 0.3) is 0 Å². The molecule has 0 fully saturated rings. The smallest absolute Gasteiger partial charge is 0.271 e. The zero-order chi connectivity index (χ0) is 15.0. The van der Waals surface area contributed by atoms with Gasteiger partial charge in [0.2, 0.25) is 0 Å². The maximum Gasteiger partial charge on any atom is 0.271 e. The van der Waals surface area contributed by atoms with Crippen LogP contribution in [0.1, 0.15) is 24.8 Å². The van der Waals surface area contributed by atoms with Gasteiger partial charge in [0.15, 0.2) is 6.54 Å². The van der Waals surface area contributed by atoms with Crippen LogP contribution in [0.4, 0.5) is 5.69 Å². The molecule has 0 spiro atoms. The van der Waals surface area contributed by atoms with E-state index in [-0.39, 0.29) is 0 Å². The molecule has 22 heavy (non-hydrogen) atoms. The molecule has 0 radical (unpaired) electrons. The summed E-state index contributed by atoms with van der Waals surface area (Å²) in [5, 5.41) is 11.5. The molecule has 1 atom stereocenters. The van der Waals surface area contributed by atoms with E-state index in [4.69, 9.17) is 0 Å². The Kier molecular flexibility index (Phi) is 3.23. The van der Waals surface area contributed by atoms with Crippen molar-refractivity contribution in [3.05, 3.63) is 66.2 Å². The number of rotatable bonds is 2. The minimum Gasteiger partial charge on any atom is -0.346 e. The van der Waals surface area contributed by atoms with Crippen molar-refractivity contribution >= 4 is 11.5 Å². The van der Waals surface area contributed by atoms with E-state index < -0.39 is 5.72 Å². The number of aliphatic hydroxyl groups is 1. The average Bonchev–Trinajstić information content (AvgIpc) is 2.91. The van der Waals surface area contributed by atoms with E-state index in [1.807, 2.05) is 36.4 Å². The summed E-state index contributed by atoms with van der Waals surface area (Å²) in [7, 11) is 0. The van der Waals surface area contributed by atoms with Crippen molar-refractivity contribution in [2.24, 2.45) is 0 Å². The molecule has 0 aliphatic carbocycles. The van der Waals surface area contributed by atoms with E-state index in [0.717, 1.165) is 30.6 Å². The molecule has 0 saturated carbocycles. The quantitative estimate of drug-likeness (QED) is 0.862. The van der Waals surface area contributed by atoms with E-state index in [2.05, 4.69) is 33.7 Å². The van der Waals surface area contributed by atoms with Crippen LogP contribution in [-0.4, -0.2) is 28.6 Å². The maximum atomic E-state index is 11.5. The third-order valence-electron chi connectivity index (χ3n) is 4.78. The number of para-hydroxylation sites is 1. The number of nitrogens with zero attached hydrogens (tertiary/aromatic N) is 2. The lowest BCUT2D eigenvalue weighted by Gasteiger charge is -2.24. The molecule has 2 heterocycles. The molecule has 0 unspecified atom stereocenters. The fraction of sp³-hybridized carbons (Fsp3) is 0.316. The Balaban J connectivity index is 1.81. The number of β-amino-alcohol motifs (C(OH)–C–C–N with tert-alkyl or cyclic N) is 1. The molecule has 3 nitrogen and oxygen atoms in total. The zero-order valence-electron chi connectivity index (χ0n) is 12.7. The normalized spacial score (nSPS) is 24.5. The van der Waals surface area contributed by atoms with Gasteiger partial charge >= 0.3 is 0 Å². The second-order valence-electron chi connectivity index (χ2n) is 6.13. The predicted molar refractivity (Wildman–Crippen MR) is 88.1 cm³/mol. The Morgan fingerprint density at radius 1 is 0.909 bits per heavy atom. The monoisotopic (exact) mass is 293 g/mol. The van der Waals surface area contributed by atoms with Crippen LogP contribution in [0.5, 0.6) is 0 Å². The summed E-state index contributed by atoms with van der Waals surface area (Å²) < 4.78 is 2.21. The molecule has 0 aromatic heterocycles. The van der Waals surface area contributed by atoms with Crippen molar-refractivity contribution in [2.45, 2.75) is 25.0 Å². The van der Waals surface area contributed by atoms with E-state index in [0.29, 0.717) is 6.54 Å². The molecule has 2 aromatic rings. The Morgan fingerprint density at radius 2 is 1.59 bits per heavy atom. The van der Waals surface area contributed by atoms with Crippen LogP contribution in [0.3, 0.4) is 0 Å². The summed E-state index contributed by atoms with van der Waals surface area (Å²) in [5.41, 5.74) is 1.22. The Hall–Kier alpha value is -2.13. The van der Waals surface area contributed by atoms with E-state index in [1.54, 1.807) is 0 Å². The van der Waals surface area contributed by atoms with Gasteiger partial charge in [-0.15, -0.1) is 0 Å². The van der Waals surface area contributed by atoms with E-state index in [1.165, 1.54) is 12.3 Å². The Bertz CT molecular complexity index is 696. The second kappa shape index (κ2) is 5.25. The van der Waals surface area contributed by atoms with Crippen molar-refractivity contribution < 1.29 is 9.68 Å². The highest BCUT2D eigenvalue weighted by atomic mass is 16.3. The molecular formula is C19H21N2O+. The van der Waals surface area contributed by atoms with Gasteiger partial charge in [-0.3, -0.25) is 0 Å². The van der Waals surface area contributed by atoms with Crippen molar-refractivity contribution in [1.29, 1.82) is 0 Å². The fourth-order valence-electron chi connectivity index (χ4n) is 3.69. The number of benzene rings is 2. The van der Waals surface area contributed by atoms with Gasteiger partial charge < -0.3 is 5.11 Å². The molecule has 2 aliphatic rings. The third kappa shape index (κ3) is 2.04. The van der Waals surface area contributed by atoms with Crippen molar-refractivity contribution in [2.75, 3.05) is 18.0 Å². The van der Waals surface area contributed by atoms with Gasteiger partial charge in [0.25, 0.3) is 11.6 Å². The number of anilines is 1. The number of hydrogen-bond acceptors (Lipinski definition) is 2. The van der Waals surface area contributed by atoms with Crippen molar-refractivity contribution in [3.63, 3.8) is 0 Å². The second-order valence-corrected chi connectivity index (χ2v) is 6.13. The maximum absolute atomic E-state index is 11.5. The first-order chi connectivity index (χ1) is 10.8. The molecule has 0 bridgehead atoms. The molecule has 112 valence electrons. The highest BCUT2D eigenvalue weighted by Crippen LogP contribution is 2.35. The van der Waals surface area contributed by atoms with Gasteiger partial charge in [0.1, 0.15) is 5.69 Å². The molecule has 0 saturated heterocycles. The highest BCUT2D eigenvalue weighted by Gasteiger charge is 2.52. The molecule has 2 aliphatic heterocycles. The summed E-state index contributed by atoms with van der Waals surface area (Å²) in [5.74, 6) is 1.25. The number of amidine groups is 1. The van der Waals surface area contributed by atoms with E-state index in [9.17, 15) is 5.11 Å². The molecule has 2 aromatic carbocycles. The van der Waals surface area contributed by atoms with Crippen LogP contribution in [0, 0.1) is 0 Å². The van der Waals surface area contributed by atoms with Gasteiger partial charge in [-0.1, -0.05) is 48.5 Å². The highest BCUT2D eigenvalue weighted by molar-refractivity contribution is 5.96. The molecular weight excluding hydrogens is 272 g/mol. The lowest BCUT2D eigenvalue weighted by atomic mass is 10.0. The fourth-order valence-corrected chi connectivity index (χ4v) is 3.69. The first kappa shape index (κ1) is 13.5. The topological polar surface area (TPSA) is 26.5 Å². The standard InChI is InChI=1S/C19H21N2O/c22-19(16-9-3-1-4-10-16)15-20(17-11-5-2-6-12-17)18-13-7-8-14-21(18)19/h1-6,9-12,22H,7-8,13-15H2/q+1/t19-/m0/s1. The lowest BCUT2D eigenvalue weighted by Crippen LogP contribution is -2.41. The summed E-state index contributed by atoms with van der Waals surface area (Å²) in [4.78, 5) is 2.28. The summed E-state index contributed by atoms with van der Waals surface area (Å²) >= 11 is 0. The summed E-state index contributed by atoms with van der Waals surface area (Å²) in [6.07, 6.45) is 3.37. The Labute approximate surface area is 131 Å². The molecule has 0 amide bonds. The van der Waals surface area contributed by atoms with Gasteiger partial charge in [-0.05, 0) is 25.0 Å². The van der Waals surface area contributed by atoms with Crippen LogP contribution in [0.15, 0.2) is 60.7 Å². The van der Waals surface area contributed by atoms with Gasteiger partial charge in [-0.2, -0.15) is 0 Å². The third-order valence-corrected chi connectivity index (χ3v) is 4.78. The van der Waals surface area contributed by atoms with Crippen molar-refractivity contribution in [3.8, 4) is 0 Å². The van der Waals surface area contributed by atoms with Crippen LogP contribution >= 0.6 is 0 Å². The summed E-state index contributed by atoms with van der Waals surface area (Å²) in [6.45, 7) is 1.51. The minimum absolute atomic E-state index is 0.594. The van der Waals surface area contributed by atoms with Crippen LogP contribution < -0.4 is 4.90 Å². The zero-order valence-corrected chi connectivity index (χ0v) is 12.7. The molecule has 4 rings (SSSR count). The summed E-state index contributed by atoms with van der Waals surface area (Å²) in [6, 6.07) is 20.5. The van der Waals surface area contributed by atoms with Gasteiger partial charge in [-0.25, -0.2) is 9.48 Å². The minimum atomic E-state index is -0.924. The predicted octanol–water partition coefficient (Wildman–Crippen LogP) is 2.95.